The Labute approximate surface area is 108 Å². The number of hydrogen-bond acceptors (Lipinski definition) is 2. The predicted octanol–water partition coefficient (Wildman–Crippen LogP) is 2.87. The number of carbonyl (C=O) groups is 1. The zero-order valence-electron chi connectivity index (χ0n) is 9.98. The van der Waals surface area contributed by atoms with Crippen LogP contribution in [0.1, 0.15) is 37.8 Å². The Balaban J connectivity index is 0.00000144. The second-order valence-electron chi connectivity index (χ2n) is 4.61. The molecule has 0 heterocycles. The van der Waals surface area contributed by atoms with Crippen LogP contribution >= 0.6 is 12.4 Å². The number of halogens is 1. The highest BCUT2D eigenvalue weighted by Gasteiger charge is 2.24. The van der Waals surface area contributed by atoms with Gasteiger partial charge in [0.2, 0.25) is 5.91 Å². The molecule has 0 bridgehead atoms. The number of benzene rings is 1. The minimum atomic E-state index is 0. The van der Waals surface area contributed by atoms with Crippen LogP contribution in [0.15, 0.2) is 24.3 Å². The van der Waals surface area contributed by atoms with Crippen molar-refractivity contribution in [3.05, 3.63) is 29.8 Å². The topological polar surface area (TPSA) is 55.1 Å². The van der Waals surface area contributed by atoms with E-state index in [1.165, 1.54) is 12.8 Å². The standard InChI is InChI=1S/C13H18N2O.ClH/c1-9(14)11-4-6-12(7-5-11)15-13(16)8-10-2-3-10;/h4-7,9-10H,2-3,8,14H2,1H3,(H,15,16);1H. The number of rotatable bonds is 4. The molecular formula is C13H19ClN2O. The number of anilines is 1. The molecule has 1 fully saturated rings. The first-order valence-corrected chi connectivity index (χ1v) is 5.80. The van der Waals surface area contributed by atoms with Crippen molar-refractivity contribution in [3.8, 4) is 0 Å². The van der Waals surface area contributed by atoms with Gasteiger partial charge in [-0.2, -0.15) is 0 Å². The lowest BCUT2D eigenvalue weighted by Gasteiger charge is -2.08. The Hall–Kier alpha value is -1.06. The van der Waals surface area contributed by atoms with E-state index in [1.54, 1.807) is 0 Å². The monoisotopic (exact) mass is 254 g/mol. The van der Waals surface area contributed by atoms with Crippen molar-refractivity contribution in [2.45, 2.75) is 32.2 Å². The maximum absolute atomic E-state index is 11.5. The van der Waals surface area contributed by atoms with Crippen LogP contribution in [0.4, 0.5) is 5.69 Å². The molecule has 0 spiro atoms. The van der Waals surface area contributed by atoms with Gasteiger partial charge in [-0.15, -0.1) is 12.4 Å². The first-order valence-electron chi connectivity index (χ1n) is 5.80. The predicted molar refractivity (Wildman–Crippen MR) is 72.3 cm³/mol. The summed E-state index contributed by atoms with van der Waals surface area (Å²) in [7, 11) is 0. The molecule has 4 heteroatoms. The highest BCUT2D eigenvalue weighted by molar-refractivity contribution is 5.91. The summed E-state index contributed by atoms with van der Waals surface area (Å²) in [6.07, 6.45) is 3.07. The maximum Gasteiger partial charge on any atom is 0.224 e. The zero-order valence-corrected chi connectivity index (χ0v) is 10.8. The molecular weight excluding hydrogens is 236 g/mol. The minimum absolute atomic E-state index is 0. The molecule has 94 valence electrons. The Morgan fingerprint density at radius 3 is 2.47 bits per heavy atom. The SMILES string of the molecule is CC(N)c1ccc(NC(=O)CC2CC2)cc1.Cl. The number of carbonyl (C=O) groups excluding carboxylic acids is 1. The molecule has 1 unspecified atom stereocenters. The Kier molecular flexibility index (Phi) is 4.97. The minimum Gasteiger partial charge on any atom is -0.326 e. The highest BCUT2D eigenvalue weighted by atomic mass is 35.5. The Bertz CT molecular complexity index is 372. The zero-order chi connectivity index (χ0) is 11.5. The van der Waals surface area contributed by atoms with Gasteiger partial charge in [0, 0.05) is 18.2 Å². The molecule has 1 aromatic carbocycles. The lowest BCUT2D eigenvalue weighted by atomic mass is 10.1. The van der Waals surface area contributed by atoms with Gasteiger partial charge >= 0.3 is 0 Å². The van der Waals surface area contributed by atoms with Gasteiger partial charge in [-0.05, 0) is 43.4 Å². The quantitative estimate of drug-likeness (QED) is 0.868. The van der Waals surface area contributed by atoms with Crippen molar-refractivity contribution in [1.29, 1.82) is 0 Å². The van der Waals surface area contributed by atoms with E-state index in [2.05, 4.69) is 5.32 Å². The van der Waals surface area contributed by atoms with Crippen molar-refractivity contribution in [2.75, 3.05) is 5.32 Å². The smallest absolute Gasteiger partial charge is 0.224 e. The van der Waals surface area contributed by atoms with Crippen LogP contribution in [-0.2, 0) is 4.79 Å². The van der Waals surface area contributed by atoms with E-state index in [0.717, 1.165) is 11.3 Å². The molecule has 1 atom stereocenters. The molecule has 0 saturated heterocycles. The Morgan fingerprint density at radius 1 is 1.41 bits per heavy atom. The fraction of sp³-hybridized carbons (Fsp3) is 0.462. The van der Waals surface area contributed by atoms with E-state index in [-0.39, 0.29) is 24.4 Å². The van der Waals surface area contributed by atoms with E-state index >= 15 is 0 Å². The fourth-order valence-corrected chi connectivity index (χ4v) is 1.67. The van der Waals surface area contributed by atoms with Crippen LogP contribution in [0.3, 0.4) is 0 Å². The van der Waals surface area contributed by atoms with Gasteiger partial charge in [0.1, 0.15) is 0 Å². The van der Waals surface area contributed by atoms with Crippen molar-refractivity contribution in [2.24, 2.45) is 11.7 Å². The average Bonchev–Trinajstić information content (AvgIpc) is 3.02. The van der Waals surface area contributed by atoms with E-state index in [9.17, 15) is 4.79 Å². The Morgan fingerprint density at radius 2 is 2.00 bits per heavy atom. The van der Waals surface area contributed by atoms with Crippen molar-refractivity contribution in [1.82, 2.24) is 0 Å². The van der Waals surface area contributed by atoms with Crippen molar-refractivity contribution in [3.63, 3.8) is 0 Å². The first kappa shape index (κ1) is 14.0. The molecule has 0 aliphatic heterocycles. The van der Waals surface area contributed by atoms with Crippen molar-refractivity contribution >= 4 is 24.0 Å². The van der Waals surface area contributed by atoms with Gasteiger partial charge in [-0.25, -0.2) is 0 Å². The van der Waals surface area contributed by atoms with Crippen molar-refractivity contribution < 1.29 is 4.79 Å². The summed E-state index contributed by atoms with van der Waals surface area (Å²) in [6.45, 7) is 1.95. The van der Waals surface area contributed by atoms with Gasteiger partial charge in [-0.3, -0.25) is 4.79 Å². The number of nitrogens with two attached hydrogens (primary N) is 1. The third-order valence-electron chi connectivity index (χ3n) is 2.89. The van der Waals surface area contributed by atoms with Crippen LogP contribution in [0.25, 0.3) is 0 Å². The van der Waals surface area contributed by atoms with Crippen LogP contribution < -0.4 is 11.1 Å². The third-order valence-corrected chi connectivity index (χ3v) is 2.89. The second-order valence-corrected chi connectivity index (χ2v) is 4.61. The molecule has 1 saturated carbocycles. The third kappa shape index (κ3) is 4.36. The molecule has 0 radical (unpaired) electrons. The van der Waals surface area contributed by atoms with Gasteiger partial charge in [0.15, 0.2) is 0 Å². The highest BCUT2D eigenvalue weighted by Crippen LogP contribution is 2.32. The van der Waals surface area contributed by atoms with Crippen LogP contribution in [0, 0.1) is 5.92 Å². The summed E-state index contributed by atoms with van der Waals surface area (Å²) in [5, 5.41) is 2.90. The maximum atomic E-state index is 11.5. The lowest BCUT2D eigenvalue weighted by molar-refractivity contribution is -0.116. The number of nitrogens with one attached hydrogen (secondary N) is 1. The summed E-state index contributed by atoms with van der Waals surface area (Å²) in [6, 6.07) is 7.76. The van der Waals surface area contributed by atoms with Crippen LogP contribution in [-0.4, -0.2) is 5.91 Å². The number of amides is 1. The molecule has 0 aromatic heterocycles. The first-order chi connectivity index (χ1) is 7.65. The van der Waals surface area contributed by atoms with Gasteiger partial charge in [0.05, 0.1) is 0 Å². The van der Waals surface area contributed by atoms with E-state index < -0.39 is 0 Å². The molecule has 1 aliphatic carbocycles. The molecule has 17 heavy (non-hydrogen) atoms. The van der Waals surface area contributed by atoms with Crippen LogP contribution in [0.5, 0.6) is 0 Å². The fourth-order valence-electron chi connectivity index (χ4n) is 1.67. The van der Waals surface area contributed by atoms with Crippen LogP contribution in [0.2, 0.25) is 0 Å². The van der Waals surface area contributed by atoms with E-state index in [4.69, 9.17) is 5.73 Å². The van der Waals surface area contributed by atoms with Gasteiger partial charge in [0.25, 0.3) is 0 Å². The van der Waals surface area contributed by atoms with E-state index in [1.807, 2.05) is 31.2 Å². The normalized spacial score (nSPS) is 15.9. The summed E-state index contributed by atoms with van der Waals surface area (Å²) < 4.78 is 0. The summed E-state index contributed by atoms with van der Waals surface area (Å²) in [5.74, 6) is 0.749. The largest absolute Gasteiger partial charge is 0.326 e. The number of hydrogen-bond donors (Lipinski definition) is 2. The van der Waals surface area contributed by atoms with Gasteiger partial charge < -0.3 is 11.1 Å². The second kappa shape index (κ2) is 6.03. The molecule has 3 N–H and O–H groups in total. The lowest BCUT2D eigenvalue weighted by Crippen LogP contribution is -2.12. The molecule has 2 rings (SSSR count). The summed E-state index contributed by atoms with van der Waals surface area (Å²) in [5.41, 5.74) is 7.69. The summed E-state index contributed by atoms with van der Waals surface area (Å²) >= 11 is 0. The molecule has 1 aromatic rings. The summed E-state index contributed by atoms with van der Waals surface area (Å²) in [4.78, 5) is 11.5. The molecule has 1 amide bonds. The van der Waals surface area contributed by atoms with Gasteiger partial charge in [-0.1, -0.05) is 12.1 Å². The van der Waals surface area contributed by atoms with E-state index in [0.29, 0.717) is 12.3 Å². The average molecular weight is 255 g/mol. The molecule has 1 aliphatic rings. The molecule has 3 nitrogen and oxygen atoms in total.